The summed E-state index contributed by atoms with van der Waals surface area (Å²) in [5, 5.41) is 2.64. The van der Waals surface area contributed by atoms with Crippen LogP contribution in [0.25, 0.3) is 0 Å². The van der Waals surface area contributed by atoms with Crippen molar-refractivity contribution in [3.05, 3.63) is 29.6 Å². The minimum Gasteiger partial charge on any atom is -0.465 e. The number of esters is 1. The van der Waals surface area contributed by atoms with Crippen molar-refractivity contribution in [3.8, 4) is 11.8 Å². The van der Waals surface area contributed by atoms with Crippen LogP contribution in [-0.2, 0) is 9.53 Å². The Balaban J connectivity index is 2.51. The number of carbonyl (C=O) groups is 2. The molecule has 0 aromatic carbocycles. The maximum absolute atomic E-state index is 11.1. The molecule has 0 unspecified atom stereocenters. The molecule has 0 fully saturated rings. The smallest absolute Gasteiger partial charge is 0.339 e. The van der Waals surface area contributed by atoms with Gasteiger partial charge in [-0.05, 0) is 18.1 Å². The number of methoxy groups -OCH3 is 1. The predicted octanol–water partition coefficient (Wildman–Crippen LogP) is 0.746. The maximum Gasteiger partial charge on any atom is 0.339 e. The van der Waals surface area contributed by atoms with E-state index in [0.29, 0.717) is 24.2 Å². The number of nitrogens with one attached hydrogen (secondary N) is 1. The van der Waals surface area contributed by atoms with Gasteiger partial charge in [-0.25, -0.2) is 9.78 Å². The molecule has 94 valence electrons. The minimum absolute atomic E-state index is 0.0719. The van der Waals surface area contributed by atoms with Crippen LogP contribution in [0.1, 0.15) is 29.4 Å². The Morgan fingerprint density at radius 1 is 1.44 bits per heavy atom. The topological polar surface area (TPSA) is 68.3 Å². The number of amides is 1. The lowest BCUT2D eigenvalue weighted by atomic mass is 10.2. The van der Waals surface area contributed by atoms with Crippen molar-refractivity contribution in [2.45, 2.75) is 13.3 Å². The summed E-state index contributed by atoms with van der Waals surface area (Å²) in [5.41, 5.74) is 0.965. The van der Waals surface area contributed by atoms with E-state index in [1.54, 1.807) is 12.1 Å². The Bertz CT molecular complexity index is 483. The molecule has 0 saturated heterocycles. The molecule has 0 atom stereocenters. The molecule has 0 saturated carbocycles. The van der Waals surface area contributed by atoms with E-state index in [9.17, 15) is 9.59 Å². The zero-order chi connectivity index (χ0) is 13.4. The highest BCUT2D eigenvalue weighted by atomic mass is 16.5. The number of hydrogen-bond donors (Lipinski definition) is 1. The molecule has 0 spiro atoms. The molecule has 1 heterocycles. The van der Waals surface area contributed by atoms with Gasteiger partial charge in [-0.3, -0.25) is 4.79 Å². The molecule has 0 aliphatic carbocycles. The summed E-state index contributed by atoms with van der Waals surface area (Å²) in [5.74, 6) is 5.22. The van der Waals surface area contributed by atoms with Crippen LogP contribution >= 0.6 is 0 Å². The van der Waals surface area contributed by atoms with Gasteiger partial charge < -0.3 is 10.1 Å². The van der Waals surface area contributed by atoms with Crippen molar-refractivity contribution in [3.63, 3.8) is 0 Å². The highest BCUT2D eigenvalue weighted by molar-refractivity contribution is 5.88. The number of nitrogens with zero attached hydrogens (tertiary/aromatic N) is 1. The highest BCUT2D eigenvalue weighted by Crippen LogP contribution is 2.00. The second-order valence-electron chi connectivity index (χ2n) is 3.46. The Hall–Kier alpha value is -2.35. The third-order valence-corrected chi connectivity index (χ3v) is 2.02. The molecule has 0 bridgehead atoms. The highest BCUT2D eigenvalue weighted by Gasteiger charge is 2.03. The van der Waals surface area contributed by atoms with Crippen LogP contribution in [0.2, 0.25) is 0 Å². The zero-order valence-electron chi connectivity index (χ0n) is 10.3. The molecule has 5 nitrogen and oxygen atoms in total. The van der Waals surface area contributed by atoms with Gasteiger partial charge in [0.05, 0.1) is 12.7 Å². The maximum atomic E-state index is 11.1. The lowest BCUT2D eigenvalue weighted by molar-refractivity contribution is -0.118. The summed E-state index contributed by atoms with van der Waals surface area (Å²) in [6, 6.07) is 3.26. The molecule has 1 rings (SSSR count). The zero-order valence-corrected chi connectivity index (χ0v) is 10.3. The number of pyridine rings is 1. The molecular weight excluding hydrogens is 232 g/mol. The van der Waals surface area contributed by atoms with Gasteiger partial charge in [-0.15, -0.1) is 0 Å². The molecule has 0 aliphatic rings. The monoisotopic (exact) mass is 246 g/mol. The lowest BCUT2D eigenvalue weighted by Crippen LogP contribution is -2.20. The quantitative estimate of drug-likeness (QED) is 0.485. The average molecular weight is 246 g/mol. The molecule has 5 heteroatoms. The van der Waals surface area contributed by atoms with E-state index in [2.05, 4.69) is 26.9 Å². The van der Waals surface area contributed by atoms with Crippen LogP contribution in [0, 0.1) is 11.8 Å². The molecule has 0 aliphatic heterocycles. The SMILES string of the molecule is COC(=O)c1ccc(C#CCCNC(C)=O)nc1. The number of carbonyl (C=O) groups excluding carboxylic acids is 2. The van der Waals surface area contributed by atoms with Crippen molar-refractivity contribution < 1.29 is 14.3 Å². The second-order valence-corrected chi connectivity index (χ2v) is 3.46. The van der Waals surface area contributed by atoms with Gasteiger partial charge in [-0.1, -0.05) is 5.92 Å². The first-order valence-corrected chi connectivity index (χ1v) is 5.41. The Morgan fingerprint density at radius 3 is 2.78 bits per heavy atom. The van der Waals surface area contributed by atoms with Crippen LogP contribution < -0.4 is 5.32 Å². The van der Waals surface area contributed by atoms with E-state index in [1.165, 1.54) is 20.2 Å². The fourth-order valence-corrected chi connectivity index (χ4v) is 1.16. The fourth-order valence-electron chi connectivity index (χ4n) is 1.16. The molecular formula is C13H14N2O3. The first-order chi connectivity index (χ1) is 8.63. The van der Waals surface area contributed by atoms with Gasteiger partial charge in [-0.2, -0.15) is 0 Å². The predicted molar refractivity (Wildman–Crippen MR) is 65.8 cm³/mol. The van der Waals surface area contributed by atoms with Gasteiger partial charge in [0.15, 0.2) is 0 Å². The van der Waals surface area contributed by atoms with Crippen LogP contribution in [0.4, 0.5) is 0 Å². The number of aromatic nitrogens is 1. The average Bonchev–Trinajstić information content (AvgIpc) is 2.38. The van der Waals surface area contributed by atoms with Crippen molar-refractivity contribution in [2.75, 3.05) is 13.7 Å². The lowest BCUT2D eigenvalue weighted by Gasteiger charge is -1.97. The number of rotatable bonds is 3. The van der Waals surface area contributed by atoms with Crippen molar-refractivity contribution in [2.24, 2.45) is 0 Å². The van der Waals surface area contributed by atoms with Crippen molar-refractivity contribution >= 4 is 11.9 Å². The number of hydrogen-bond acceptors (Lipinski definition) is 4. The molecule has 1 aromatic rings. The number of ether oxygens (including phenoxy) is 1. The van der Waals surface area contributed by atoms with Crippen LogP contribution in [0.3, 0.4) is 0 Å². The third kappa shape index (κ3) is 4.66. The van der Waals surface area contributed by atoms with Gasteiger partial charge in [0.1, 0.15) is 5.69 Å². The fraction of sp³-hybridized carbons (Fsp3) is 0.308. The van der Waals surface area contributed by atoms with Crippen molar-refractivity contribution in [1.82, 2.24) is 10.3 Å². The minimum atomic E-state index is -0.423. The molecule has 1 amide bonds. The van der Waals surface area contributed by atoms with E-state index in [0.717, 1.165) is 0 Å². The van der Waals surface area contributed by atoms with E-state index in [1.807, 2.05) is 0 Å². The van der Waals surface area contributed by atoms with Gasteiger partial charge in [0, 0.05) is 26.1 Å². The summed E-state index contributed by atoms with van der Waals surface area (Å²) < 4.78 is 4.56. The molecule has 0 radical (unpaired) electrons. The van der Waals surface area contributed by atoms with Crippen LogP contribution in [-0.4, -0.2) is 30.5 Å². The summed E-state index contributed by atoms with van der Waals surface area (Å²) in [4.78, 5) is 25.8. The van der Waals surface area contributed by atoms with E-state index >= 15 is 0 Å². The van der Waals surface area contributed by atoms with Crippen LogP contribution in [0.5, 0.6) is 0 Å². The first-order valence-electron chi connectivity index (χ1n) is 5.41. The Kier molecular flexibility index (Phi) is 5.39. The third-order valence-electron chi connectivity index (χ3n) is 2.02. The van der Waals surface area contributed by atoms with E-state index in [4.69, 9.17) is 0 Å². The second kappa shape index (κ2) is 7.07. The summed E-state index contributed by atoms with van der Waals surface area (Å²) in [6.45, 7) is 1.98. The molecule has 1 N–H and O–H groups in total. The van der Waals surface area contributed by atoms with E-state index in [-0.39, 0.29) is 5.91 Å². The molecule has 1 aromatic heterocycles. The standard InChI is InChI=1S/C13H14N2O3/c1-10(16)14-8-4-3-5-12-7-6-11(9-15-12)13(17)18-2/h6-7,9H,4,8H2,1-2H3,(H,14,16). The Morgan fingerprint density at radius 2 is 2.22 bits per heavy atom. The first kappa shape index (κ1) is 13.7. The van der Waals surface area contributed by atoms with Gasteiger partial charge in [0.25, 0.3) is 0 Å². The molecule has 18 heavy (non-hydrogen) atoms. The normalized spacial score (nSPS) is 9.00. The summed E-state index contributed by atoms with van der Waals surface area (Å²) in [7, 11) is 1.32. The van der Waals surface area contributed by atoms with Crippen molar-refractivity contribution in [1.29, 1.82) is 0 Å². The van der Waals surface area contributed by atoms with Gasteiger partial charge in [0.2, 0.25) is 5.91 Å². The van der Waals surface area contributed by atoms with E-state index < -0.39 is 5.97 Å². The summed E-state index contributed by atoms with van der Waals surface area (Å²) >= 11 is 0. The van der Waals surface area contributed by atoms with Gasteiger partial charge >= 0.3 is 5.97 Å². The Labute approximate surface area is 106 Å². The largest absolute Gasteiger partial charge is 0.465 e. The summed E-state index contributed by atoms with van der Waals surface area (Å²) in [6.07, 6.45) is 1.98. The van der Waals surface area contributed by atoms with Crippen LogP contribution in [0.15, 0.2) is 18.3 Å².